The minimum atomic E-state index is -0.330. The van der Waals surface area contributed by atoms with Crippen molar-refractivity contribution in [1.29, 1.82) is 0 Å². The molecule has 0 fully saturated rings. The van der Waals surface area contributed by atoms with Gasteiger partial charge in [0.2, 0.25) is 0 Å². The third-order valence-electron chi connectivity index (χ3n) is 4.22. The highest BCUT2D eigenvalue weighted by molar-refractivity contribution is 7.13. The number of methoxy groups -OCH3 is 1. The summed E-state index contributed by atoms with van der Waals surface area (Å²) in [7, 11) is 1.65. The van der Waals surface area contributed by atoms with Crippen LogP contribution in [0, 0.1) is 0 Å². The van der Waals surface area contributed by atoms with Crippen LogP contribution < -0.4 is 15.4 Å². The molecule has 3 rings (SSSR count). The highest BCUT2D eigenvalue weighted by Gasteiger charge is 2.26. The number of urea groups is 1. The number of aromatic nitrogens is 3. The maximum Gasteiger partial charge on any atom is 0.321 e. The van der Waals surface area contributed by atoms with Gasteiger partial charge in [0.1, 0.15) is 5.75 Å². The van der Waals surface area contributed by atoms with Crippen LogP contribution in [0.25, 0.3) is 0 Å². The van der Waals surface area contributed by atoms with Gasteiger partial charge in [-0.05, 0) is 17.7 Å². The number of thiazole rings is 1. The van der Waals surface area contributed by atoms with Gasteiger partial charge in [-0.15, -0.1) is 11.3 Å². The van der Waals surface area contributed by atoms with Gasteiger partial charge < -0.3 is 10.1 Å². The Morgan fingerprint density at radius 3 is 2.67 bits per heavy atom. The molecule has 7 nitrogen and oxygen atoms in total. The third-order valence-corrected chi connectivity index (χ3v) is 4.98. The summed E-state index contributed by atoms with van der Waals surface area (Å²) in [6.45, 7) is 4.50. The molecule has 2 N–H and O–H groups in total. The first-order chi connectivity index (χ1) is 13.0. The predicted octanol–water partition coefficient (Wildman–Crippen LogP) is 3.59. The van der Waals surface area contributed by atoms with Crippen molar-refractivity contribution in [3.8, 4) is 5.75 Å². The van der Waals surface area contributed by atoms with E-state index >= 15 is 0 Å². The van der Waals surface area contributed by atoms with E-state index in [2.05, 4.69) is 39.4 Å². The molecular weight excluding hydrogens is 362 g/mol. The Kier molecular flexibility index (Phi) is 5.66. The molecule has 2 amide bonds. The van der Waals surface area contributed by atoms with E-state index < -0.39 is 0 Å². The van der Waals surface area contributed by atoms with Crippen molar-refractivity contribution in [3.63, 3.8) is 0 Å². The lowest BCUT2D eigenvalue weighted by atomic mass is 9.82. The van der Waals surface area contributed by atoms with E-state index in [9.17, 15) is 4.79 Å². The van der Waals surface area contributed by atoms with Crippen molar-refractivity contribution in [2.24, 2.45) is 0 Å². The third kappa shape index (κ3) is 4.59. The lowest BCUT2D eigenvalue weighted by Crippen LogP contribution is -2.28. The molecule has 0 aliphatic carbocycles. The first-order valence-corrected chi connectivity index (χ1v) is 9.27. The summed E-state index contributed by atoms with van der Waals surface area (Å²) in [5.41, 5.74) is 2.40. The number of nitrogens with one attached hydrogen (secondary N) is 2. The number of hydrogen-bond acceptors (Lipinski definition) is 6. The molecule has 140 valence electrons. The molecule has 0 radical (unpaired) electrons. The summed E-state index contributed by atoms with van der Waals surface area (Å²) in [4.78, 5) is 24.7. The van der Waals surface area contributed by atoms with Crippen LogP contribution in [0.15, 0.2) is 48.2 Å². The fraction of sp³-hybridized carbons (Fsp3) is 0.263. The van der Waals surface area contributed by atoms with Crippen molar-refractivity contribution in [1.82, 2.24) is 20.3 Å². The average molecular weight is 383 g/mol. The predicted molar refractivity (Wildman–Crippen MR) is 105 cm³/mol. The van der Waals surface area contributed by atoms with Crippen LogP contribution in [-0.4, -0.2) is 28.1 Å². The maximum absolute atomic E-state index is 12.1. The highest BCUT2D eigenvalue weighted by atomic mass is 32.1. The van der Waals surface area contributed by atoms with E-state index in [1.165, 1.54) is 11.3 Å². The first-order valence-electron chi connectivity index (χ1n) is 8.39. The zero-order valence-corrected chi connectivity index (χ0v) is 16.2. The van der Waals surface area contributed by atoms with Gasteiger partial charge in [-0.1, -0.05) is 26.0 Å². The molecule has 0 saturated carbocycles. The standard InChI is InChI=1S/C19H21N5O2S/c1-19(2,13-4-6-15(26-3)7-5-13)16-12-27-18(23-16)24-17(25)22-11-14-10-20-8-9-21-14/h4-10,12H,11H2,1-3H3,(H2,22,23,24,25). The number of amides is 2. The van der Waals surface area contributed by atoms with Crippen LogP contribution in [0.5, 0.6) is 5.75 Å². The van der Waals surface area contributed by atoms with Crippen LogP contribution in [0.2, 0.25) is 0 Å². The molecular formula is C19H21N5O2S. The van der Waals surface area contributed by atoms with E-state index in [1.807, 2.05) is 29.6 Å². The quantitative estimate of drug-likeness (QED) is 0.679. The number of hydrogen-bond donors (Lipinski definition) is 2. The zero-order chi connectivity index (χ0) is 19.3. The Morgan fingerprint density at radius 2 is 2.00 bits per heavy atom. The molecule has 0 unspecified atom stereocenters. The summed E-state index contributed by atoms with van der Waals surface area (Å²) in [6.07, 6.45) is 4.79. The van der Waals surface area contributed by atoms with Crippen molar-refractivity contribution in [2.75, 3.05) is 12.4 Å². The molecule has 0 aliphatic heterocycles. The van der Waals surface area contributed by atoms with E-state index in [4.69, 9.17) is 4.74 Å². The second kappa shape index (κ2) is 8.13. The second-order valence-electron chi connectivity index (χ2n) is 6.40. The topological polar surface area (TPSA) is 89.0 Å². The minimum absolute atomic E-state index is 0.293. The second-order valence-corrected chi connectivity index (χ2v) is 7.25. The molecule has 8 heteroatoms. The molecule has 0 atom stereocenters. The number of carbonyl (C=O) groups excluding carboxylic acids is 1. The largest absolute Gasteiger partial charge is 0.497 e. The van der Waals surface area contributed by atoms with Crippen LogP contribution in [-0.2, 0) is 12.0 Å². The van der Waals surface area contributed by atoms with Crippen LogP contribution >= 0.6 is 11.3 Å². The molecule has 1 aromatic carbocycles. The molecule has 2 heterocycles. The number of ether oxygens (including phenoxy) is 1. The van der Waals surface area contributed by atoms with Gasteiger partial charge in [-0.25, -0.2) is 9.78 Å². The molecule has 27 heavy (non-hydrogen) atoms. The number of benzene rings is 1. The molecule has 0 spiro atoms. The number of rotatable bonds is 6. The summed E-state index contributed by atoms with van der Waals surface area (Å²) in [6, 6.07) is 7.59. The Hall–Kier alpha value is -3.00. The fourth-order valence-electron chi connectivity index (χ4n) is 2.51. The number of anilines is 1. The average Bonchev–Trinajstić information content (AvgIpc) is 3.16. The number of nitrogens with zero attached hydrogens (tertiary/aromatic N) is 3. The molecule has 3 aromatic rings. The Labute approximate surface area is 161 Å². The maximum atomic E-state index is 12.1. The summed E-state index contributed by atoms with van der Waals surface area (Å²) in [5, 5.41) is 8.01. The van der Waals surface area contributed by atoms with Crippen LogP contribution in [0.3, 0.4) is 0 Å². The van der Waals surface area contributed by atoms with Gasteiger partial charge in [-0.3, -0.25) is 15.3 Å². The zero-order valence-electron chi connectivity index (χ0n) is 15.4. The summed E-state index contributed by atoms with van der Waals surface area (Å²) < 4.78 is 5.21. The van der Waals surface area contributed by atoms with E-state index in [0.29, 0.717) is 17.4 Å². The van der Waals surface area contributed by atoms with Gasteiger partial charge in [0.15, 0.2) is 5.13 Å². The summed E-state index contributed by atoms with van der Waals surface area (Å²) in [5.74, 6) is 0.815. The normalized spacial score (nSPS) is 11.1. The lowest BCUT2D eigenvalue weighted by Gasteiger charge is -2.23. The van der Waals surface area contributed by atoms with Crippen LogP contribution in [0.1, 0.15) is 30.8 Å². The lowest BCUT2D eigenvalue weighted by molar-refractivity contribution is 0.251. The fourth-order valence-corrected chi connectivity index (χ4v) is 3.38. The SMILES string of the molecule is COc1ccc(C(C)(C)c2csc(NC(=O)NCc3cnccn3)n2)cc1. The van der Waals surface area contributed by atoms with Crippen molar-refractivity contribution >= 4 is 22.5 Å². The molecule has 0 aliphatic rings. The molecule has 0 bridgehead atoms. The van der Waals surface area contributed by atoms with Crippen molar-refractivity contribution < 1.29 is 9.53 Å². The van der Waals surface area contributed by atoms with E-state index in [1.54, 1.807) is 25.7 Å². The van der Waals surface area contributed by atoms with Gasteiger partial charge in [0.25, 0.3) is 0 Å². The van der Waals surface area contributed by atoms with Crippen molar-refractivity contribution in [2.45, 2.75) is 25.8 Å². The van der Waals surface area contributed by atoms with Crippen LogP contribution in [0.4, 0.5) is 9.93 Å². The van der Waals surface area contributed by atoms with Gasteiger partial charge in [-0.2, -0.15) is 0 Å². The smallest absolute Gasteiger partial charge is 0.321 e. The number of carbonyl (C=O) groups is 1. The van der Waals surface area contributed by atoms with E-state index in [0.717, 1.165) is 17.0 Å². The van der Waals surface area contributed by atoms with Crippen molar-refractivity contribution in [3.05, 3.63) is 65.2 Å². The minimum Gasteiger partial charge on any atom is -0.497 e. The summed E-state index contributed by atoms with van der Waals surface area (Å²) >= 11 is 1.39. The molecule has 0 saturated heterocycles. The Morgan fingerprint density at radius 1 is 1.22 bits per heavy atom. The van der Waals surface area contributed by atoms with Gasteiger partial charge in [0, 0.05) is 23.2 Å². The monoisotopic (exact) mass is 383 g/mol. The van der Waals surface area contributed by atoms with Gasteiger partial charge >= 0.3 is 6.03 Å². The first kappa shape index (κ1) is 18.8. The van der Waals surface area contributed by atoms with Gasteiger partial charge in [0.05, 0.1) is 31.2 Å². The highest BCUT2D eigenvalue weighted by Crippen LogP contribution is 2.34. The Balaban J connectivity index is 1.63. The molecule has 2 aromatic heterocycles. The van der Waals surface area contributed by atoms with E-state index in [-0.39, 0.29) is 11.4 Å². The Bertz CT molecular complexity index is 894.